The van der Waals surface area contributed by atoms with E-state index in [1.165, 1.54) is 0 Å². The zero-order chi connectivity index (χ0) is 34.5. The predicted octanol–water partition coefficient (Wildman–Crippen LogP) is 6.99. The van der Waals surface area contributed by atoms with E-state index in [-0.39, 0.29) is 30.9 Å². The van der Waals surface area contributed by atoms with Gasteiger partial charge in [-0.15, -0.1) is 0 Å². The molecule has 4 heterocycles. The highest BCUT2D eigenvalue weighted by Gasteiger charge is 2.32. The van der Waals surface area contributed by atoms with Crippen molar-refractivity contribution in [1.29, 1.82) is 0 Å². The molecule has 3 aromatic heterocycles. The number of hydrogen-bond acceptors (Lipinski definition) is 9. The molecule has 0 N–H and O–H groups in total. The lowest BCUT2D eigenvalue weighted by molar-refractivity contribution is 0.0938. The standard InChI is InChI=1S/C35H49N5O5SSi2/c1-47(2,3)20-16-44-25-39(26-45-17-21-48(4,5)6)35-31(24-41)33(28-14-18-46(42,43)19-15-28)38-34-30(23-37-40(34)35)29-12-13-32(36-22-29)27-10-8-7-9-11-27/h7-13,22-24,28H,14-21,25-26H2,1-6H3. The lowest BCUT2D eigenvalue weighted by Crippen LogP contribution is -2.35. The molecule has 0 spiro atoms. The molecule has 1 aromatic carbocycles. The van der Waals surface area contributed by atoms with Gasteiger partial charge < -0.3 is 14.4 Å². The summed E-state index contributed by atoms with van der Waals surface area (Å²) in [5.41, 5.74) is 5.03. The number of carbonyl (C=O) groups excluding carboxylic acids is 1. The lowest BCUT2D eigenvalue weighted by atomic mass is 9.94. The molecule has 1 fully saturated rings. The summed E-state index contributed by atoms with van der Waals surface area (Å²) < 4.78 is 39.0. The average Bonchev–Trinajstić information content (AvgIpc) is 3.46. The Morgan fingerprint density at radius 2 is 1.50 bits per heavy atom. The Balaban J connectivity index is 1.59. The van der Waals surface area contributed by atoms with Crippen LogP contribution >= 0.6 is 0 Å². The third-order valence-corrected chi connectivity index (χ3v) is 13.8. The van der Waals surface area contributed by atoms with Crippen LogP contribution in [0.2, 0.25) is 51.4 Å². The van der Waals surface area contributed by atoms with Gasteiger partial charge in [-0.3, -0.25) is 9.78 Å². The first-order valence-corrected chi connectivity index (χ1v) is 26.0. The van der Waals surface area contributed by atoms with Gasteiger partial charge >= 0.3 is 0 Å². The van der Waals surface area contributed by atoms with Gasteiger partial charge in [0.1, 0.15) is 29.1 Å². The van der Waals surface area contributed by atoms with E-state index < -0.39 is 26.0 Å². The molecule has 1 aliphatic heterocycles. The topological polar surface area (TPSA) is 116 Å². The van der Waals surface area contributed by atoms with Gasteiger partial charge in [-0.05, 0) is 31.0 Å². The van der Waals surface area contributed by atoms with Crippen LogP contribution in [0.5, 0.6) is 0 Å². The maximum Gasteiger partial charge on any atom is 0.165 e. The quantitative estimate of drug-likeness (QED) is 0.0558. The van der Waals surface area contributed by atoms with Crippen LogP contribution < -0.4 is 4.90 Å². The van der Waals surface area contributed by atoms with E-state index in [2.05, 4.69) is 39.3 Å². The van der Waals surface area contributed by atoms with Gasteiger partial charge in [0, 0.05) is 58.2 Å². The van der Waals surface area contributed by atoms with Crippen LogP contribution in [0.1, 0.15) is 34.8 Å². The fraction of sp³-hybridized carbons (Fsp3) is 0.486. The summed E-state index contributed by atoms with van der Waals surface area (Å²) in [7, 11) is -5.79. The molecule has 1 saturated heterocycles. The van der Waals surface area contributed by atoms with Crippen LogP contribution in [0.15, 0.2) is 54.9 Å². The second-order valence-electron chi connectivity index (χ2n) is 15.1. The van der Waals surface area contributed by atoms with Crippen molar-refractivity contribution in [1.82, 2.24) is 19.6 Å². The van der Waals surface area contributed by atoms with Crippen LogP contribution in [-0.2, 0) is 19.3 Å². The van der Waals surface area contributed by atoms with E-state index in [0.29, 0.717) is 48.8 Å². The predicted molar refractivity (Wildman–Crippen MR) is 198 cm³/mol. The Morgan fingerprint density at radius 1 is 0.875 bits per heavy atom. The summed E-state index contributed by atoms with van der Waals surface area (Å²) >= 11 is 0. The minimum Gasteiger partial charge on any atom is -0.361 e. The van der Waals surface area contributed by atoms with E-state index >= 15 is 0 Å². The molecule has 0 atom stereocenters. The summed E-state index contributed by atoms with van der Waals surface area (Å²) in [6.45, 7) is 15.5. The van der Waals surface area contributed by atoms with Gasteiger partial charge in [-0.1, -0.05) is 75.7 Å². The van der Waals surface area contributed by atoms with Crippen molar-refractivity contribution in [3.05, 3.63) is 66.1 Å². The molecule has 0 unspecified atom stereocenters. The summed E-state index contributed by atoms with van der Waals surface area (Å²) in [6, 6.07) is 16.0. The summed E-state index contributed by atoms with van der Waals surface area (Å²) in [5.74, 6) is 0.484. The molecule has 4 aromatic rings. The highest BCUT2D eigenvalue weighted by atomic mass is 32.2. The minimum absolute atomic E-state index is 0.0679. The van der Waals surface area contributed by atoms with Gasteiger partial charge in [0.15, 0.2) is 11.9 Å². The molecule has 13 heteroatoms. The van der Waals surface area contributed by atoms with Gasteiger partial charge in [-0.2, -0.15) is 9.61 Å². The molecule has 0 bridgehead atoms. The van der Waals surface area contributed by atoms with Crippen molar-refractivity contribution in [2.75, 3.05) is 43.1 Å². The number of sulfone groups is 1. The number of benzene rings is 1. The molecule has 0 amide bonds. The monoisotopic (exact) mass is 707 g/mol. The number of carbonyl (C=O) groups is 1. The Kier molecular flexibility index (Phi) is 11.4. The molecular formula is C35H49N5O5SSi2. The smallest absolute Gasteiger partial charge is 0.165 e. The van der Waals surface area contributed by atoms with Crippen molar-refractivity contribution in [2.45, 2.75) is 70.1 Å². The second-order valence-corrected chi connectivity index (χ2v) is 28.7. The number of aldehydes is 1. The molecule has 5 rings (SSSR count). The summed E-state index contributed by atoms with van der Waals surface area (Å²) in [4.78, 5) is 24.8. The first kappa shape index (κ1) is 36.1. The minimum atomic E-state index is -3.12. The molecule has 48 heavy (non-hydrogen) atoms. The molecule has 0 radical (unpaired) electrons. The summed E-state index contributed by atoms with van der Waals surface area (Å²) in [6.07, 6.45) is 5.21. The SMILES string of the molecule is C[Si](C)(C)CCOCN(COCC[Si](C)(C)C)c1c(C=O)c(C2CCS(=O)(=O)CC2)nc2c(-c3ccc(-c4ccccc4)nc3)cnn12. The number of anilines is 1. The summed E-state index contributed by atoms with van der Waals surface area (Å²) in [5, 5.41) is 4.78. The second kappa shape index (κ2) is 15.1. The molecule has 0 aliphatic carbocycles. The molecule has 0 saturated carbocycles. The number of nitrogens with zero attached hydrogens (tertiary/aromatic N) is 5. The Morgan fingerprint density at radius 3 is 2.04 bits per heavy atom. The fourth-order valence-electron chi connectivity index (χ4n) is 5.70. The third-order valence-electron chi connectivity index (χ3n) is 8.68. The van der Waals surface area contributed by atoms with Gasteiger partial charge in [0.05, 0.1) is 34.7 Å². The van der Waals surface area contributed by atoms with Gasteiger partial charge in [0.25, 0.3) is 0 Å². The molecule has 10 nitrogen and oxygen atoms in total. The third kappa shape index (κ3) is 9.26. The van der Waals surface area contributed by atoms with Crippen LogP contribution in [-0.4, -0.2) is 88.6 Å². The number of rotatable bonds is 15. The Bertz CT molecular complexity index is 1770. The van der Waals surface area contributed by atoms with Crippen molar-refractivity contribution in [2.24, 2.45) is 0 Å². The fourth-order valence-corrected chi connectivity index (χ4v) is 8.71. The van der Waals surface area contributed by atoms with Crippen molar-refractivity contribution < 1.29 is 22.7 Å². The highest BCUT2D eigenvalue weighted by molar-refractivity contribution is 7.91. The highest BCUT2D eigenvalue weighted by Crippen LogP contribution is 2.36. The zero-order valence-electron chi connectivity index (χ0n) is 29.1. The van der Waals surface area contributed by atoms with Crippen molar-refractivity contribution in [3.63, 3.8) is 0 Å². The maximum atomic E-state index is 13.0. The number of fused-ring (bicyclic) bond motifs is 1. The number of pyridine rings is 1. The molecule has 1 aliphatic rings. The van der Waals surface area contributed by atoms with Crippen molar-refractivity contribution >= 4 is 43.7 Å². The van der Waals surface area contributed by atoms with Gasteiger partial charge in [-0.25, -0.2) is 13.4 Å². The van der Waals surface area contributed by atoms with Crippen molar-refractivity contribution in [3.8, 4) is 22.4 Å². The molecular weight excluding hydrogens is 659 g/mol. The Hall–Kier alpha value is -3.24. The van der Waals surface area contributed by atoms with E-state index in [0.717, 1.165) is 40.8 Å². The van der Waals surface area contributed by atoms with Crippen LogP contribution in [0.3, 0.4) is 0 Å². The number of hydrogen-bond donors (Lipinski definition) is 0. The van der Waals surface area contributed by atoms with Crippen LogP contribution in [0, 0.1) is 0 Å². The number of ether oxygens (including phenoxy) is 2. The normalized spacial score (nSPS) is 15.5. The Labute approximate surface area is 286 Å². The van der Waals surface area contributed by atoms with E-state index in [1.807, 2.05) is 53.6 Å². The van der Waals surface area contributed by atoms with E-state index in [1.54, 1.807) is 10.7 Å². The first-order chi connectivity index (χ1) is 22.7. The maximum absolute atomic E-state index is 13.0. The van der Waals surface area contributed by atoms with Crippen LogP contribution in [0.25, 0.3) is 28.0 Å². The van der Waals surface area contributed by atoms with Crippen LogP contribution in [0.4, 0.5) is 5.82 Å². The van der Waals surface area contributed by atoms with E-state index in [9.17, 15) is 13.2 Å². The average molecular weight is 708 g/mol. The molecule has 258 valence electrons. The van der Waals surface area contributed by atoms with Gasteiger partial charge in [0.2, 0.25) is 0 Å². The number of aromatic nitrogens is 4. The lowest BCUT2D eigenvalue weighted by Gasteiger charge is -2.29. The zero-order valence-corrected chi connectivity index (χ0v) is 31.9. The largest absolute Gasteiger partial charge is 0.361 e. The van der Waals surface area contributed by atoms with E-state index in [4.69, 9.17) is 24.5 Å². The first-order valence-electron chi connectivity index (χ1n) is 16.7.